The first-order valence-electron chi connectivity index (χ1n) is 6.70. The van der Waals surface area contributed by atoms with Gasteiger partial charge in [-0.3, -0.25) is 14.9 Å². The van der Waals surface area contributed by atoms with Gasteiger partial charge in [0.2, 0.25) is 0 Å². The topological polar surface area (TPSA) is 95.7 Å². The lowest BCUT2D eigenvalue weighted by atomic mass is 10.1. The molecule has 8 heteroatoms. The second kappa shape index (κ2) is 7.56. The van der Waals surface area contributed by atoms with Crippen LogP contribution in [0, 0.1) is 10.1 Å². The number of esters is 1. The van der Waals surface area contributed by atoms with Gasteiger partial charge in [0.05, 0.1) is 17.6 Å². The Balaban J connectivity index is 2.07. The molecule has 0 aliphatic rings. The standard InChI is InChI=1S/C16H12ClNO6/c1-23-15-7-4-11(8-13(15)18(21)22)16(20)24-9-14(19)10-2-5-12(17)6-3-10/h2-8H,9H2,1H3. The molecule has 0 atom stereocenters. The highest BCUT2D eigenvalue weighted by molar-refractivity contribution is 6.30. The van der Waals surface area contributed by atoms with Crippen molar-refractivity contribution >= 4 is 29.0 Å². The van der Waals surface area contributed by atoms with E-state index in [0.717, 1.165) is 6.07 Å². The molecule has 0 aliphatic carbocycles. The van der Waals surface area contributed by atoms with Crippen molar-refractivity contribution in [3.8, 4) is 5.75 Å². The zero-order valence-electron chi connectivity index (χ0n) is 12.5. The van der Waals surface area contributed by atoms with Gasteiger partial charge in [-0.25, -0.2) is 4.79 Å². The monoisotopic (exact) mass is 349 g/mol. The molecule has 2 aromatic rings. The number of Topliss-reactive ketones (excluding diaryl/α,β-unsaturated/α-hetero) is 1. The van der Waals surface area contributed by atoms with Gasteiger partial charge in [-0.05, 0) is 36.4 Å². The summed E-state index contributed by atoms with van der Waals surface area (Å²) in [5.74, 6) is -1.24. The normalized spacial score (nSPS) is 10.1. The Labute approximate surface area is 141 Å². The highest BCUT2D eigenvalue weighted by atomic mass is 35.5. The van der Waals surface area contributed by atoms with Gasteiger partial charge in [0.1, 0.15) is 0 Å². The Morgan fingerprint density at radius 3 is 2.33 bits per heavy atom. The molecule has 0 heterocycles. The summed E-state index contributed by atoms with van der Waals surface area (Å²) in [6.07, 6.45) is 0. The number of methoxy groups -OCH3 is 1. The van der Waals surface area contributed by atoms with Gasteiger partial charge in [-0.15, -0.1) is 0 Å². The lowest BCUT2D eigenvalue weighted by molar-refractivity contribution is -0.385. The lowest BCUT2D eigenvalue weighted by Crippen LogP contribution is -2.14. The SMILES string of the molecule is COc1ccc(C(=O)OCC(=O)c2ccc(Cl)cc2)cc1[N+](=O)[O-]. The van der Waals surface area contributed by atoms with Crippen molar-refractivity contribution < 1.29 is 24.0 Å². The van der Waals surface area contributed by atoms with E-state index in [1.54, 1.807) is 12.1 Å². The van der Waals surface area contributed by atoms with Crippen molar-refractivity contribution in [2.75, 3.05) is 13.7 Å². The summed E-state index contributed by atoms with van der Waals surface area (Å²) in [4.78, 5) is 34.1. The second-order valence-corrected chi connectivity index (χ2v) is 5.09. The number of benzene rings is 2. The third-order valence-electron chi connectivity index (χ3n) is 3.11. The van der Waals surface area contributed by atoms with Crippen LogP contribution in [-0.4, -0.2) is 30.4 Å². The van der Waals surface area contributed by atoms with Crippen molar-refractivity contribution in [1.82, 2.24) is 0 Å². The third kappa shape index (κ3) is 4.08. The van der Waals surface area contributed by atoms with E-state index in [0.29, 0.717) is 10.6 Å². The van der Waals surface area contributed by atoms with Crippen LogP contribution in [0.15, 0.2) is 42.5 Å². The van der Waals surface area contributed by atoms with Gasteiger partial charge >= 0.3 is 11.7 Å². The van der Waals surface area contributed by atoms with E-state index in [1.807, 2.05) is 0 Å². The molecule has 0 spiro atoms. The Morgan fingerprint density at radius 2 is 1.75 bits per heavy atom. The molecule has 0 unspecified atom stereocenters. The van der Waals surface area contributed by atoms with Gasteiger partial charge in [-0.1, -0.05) is 11.6 Å². The van der Waals surface area contributed by atoms with Gasteiger partial charge < -0.3 is 9.47 Å². The second-order valence-electron chi connectivity index (χ2n) is 4.65. The van der Waals surface area contributed by atoms with Crippen molar-refractivity contribution in [2.24, 2.45) is 0 Å². The number of hydrogen-bond acceptors (Lipinski definition) is 6. The summed E-state index contributed by atoms with van der Waals surface area (Å²) in [5.41, 5.74) is -0.0738. The first kappa shape index (κ1) is 17.4. The summed E-state index contributed by atoms with van der Waals surface area (Å²) >= 11 is 5.73. The van der Waals surface area contributed by atoms with Gasteiger partial charge in [0, 0.05) is 16.7 Å². The number of hydrogen-bond donors (Lipinski definition) is 0. The zero-order chi connectivity index (χ0) is 17.7. The molecular weight excluding hydrogens is 338 g/mol. The summed E-state index contributed by atoms with van der Waals surface area (Å²) in [6, 6.07) is 9.75. The average molecular weight is 350 g/mol. The fourth-order valence-corrected chi connectivity index (χ4v) is 2.02. The number of carbonyl (C=O) groups excluding carboxylic acids is 2. The molecule has 0 aliphatic heterocycles. The van der Waals surface area contributed by atoms with Gasteiger partial charge in [-0.2, -0.15) is 0 Å². The quantitative estimate of drug-likeness (QED) is 0.343. The summed E-state index contributed by atoms with van der Waals surface area (Å²) < 4.78 is 9.75. The van der Waals surface area contributed by atoms with Crippen LogP contribution in [0.5, 0.6) is 5.75 Å². The van der Waals surface area contributed by atoms with Crippen LogP contribution in [0.1, 0.15) is 20.7 Å². The molecule has 0 amide bonds. The summed E-state index contributed by atoms with van der Waals surface area (Å²) in [5, 5.41) is 11.4. The van der Waals surface area contributed by atoms with E-state index in [-0.39, 0.29) is 17.0 Å². The van der Waals surface area contributed by atoms with Crippen LogP contribution in [0.4, 0.5) is 5.69 Å². The first-order valence-corrected chi connectivity index (χ1v) is 7.08. The first-order chi connectivity index (χ1) is 11.4. The number of nitrogens with zero attached hydrogens (tertiary/aromatic N) is 1. The molecule has 0 aromatic heterocycles. The lowest BCUT2D eigenvalue weighted by Gasteiger charge is -2.06. The maximum absolute atomic E-state index is 12.0. The van der Waals surface area contributed by atoms with E-state index in [2.05, 4.69) is 0 Å². The molecule has 124 valence electrons. The largest absolute Gasteiger partial charge is 0.490 e. The number of nitro groups is 1. The van der Waals surface area contributed by atoms with Crippen LogP contribution in [0.25, 0.3) is 0 Å². The Hall–Kier alpha value is -2.93. The number of ketones is 1. The molecule has 0 radical (unpaired) electrons. The van der Waals surface area contributed by atoms with Crippen LogP contribution in [-0.2, 0) is 4.74 Å². The average Bonchev–Trinajstić information content (AvgIpc) is 2.59. The fraction of sp³-hybridized carbons (Fsp3) is 0.125. The van der Waals surface area contributed by atoms with E-state index in [9.17, 15) is 19.7 Å². The van der Waals surface area contributed by atoms with Gasteiger partial charge in [0.25, 0.3) is 0 Å². The molecule has 2 rings (SSSR count). The Morgan fingerprint density at radius 1 is 1.12 bits per heavy atom. The highest BCUT2D eigenvalue weighted by Gasteiger charge is 2.19. The third-order valence-corrected chi connectivity index (χ3v) is 3.36. The number of ether oxygens (including phenoxy) is 2. The summed E-state index contributed by atoms with van der Waals surface area (Å²) in [6.45, 7) is -0.486. The van der Waals surface area contributed by atoms with E-state index >= 15 is 0 Å². The van der Waals surface area contributed by atoms with E-state index in [4.69, 9.17) is 21.1 Å². The smallest absolute Gasteiger partial charge is 0.338 e. The minimum atomic E-state index is -0.844. The number of rotatable bonds is 6. The molecule has 0 N–H and O–H groups in total. The molecule has 0 bridgehead atoms. The van der Waals surface area contributed by atoms with Crippen LogP contribution in [0.3, 0.4) is 0 Å². The zero-order valence-corrected chi connectivity index (χ0v) is 13.3. The maximum atomic E-state index is 12.0. The van der Waals surface area contributed by atoms with Crippen molar-refractivity contribution in [3.05, 3.63) is 68.7 Å². The summed E-state index contributed by atoms with van der Waals surface area (Å²) in [7, 11) is 1.28. The molecular formula is C16H12ClNO6. The van der Waals surface area contributed by atoms with E-state index in [1.165, 1.54) is 31.4 Å². The molecule has 0 saturated heterocycles. The Kier molecular flexibility index (Phi) is 5.49. The fourth-order valence-electron chi connectivity index (χ4n) is 1.89. The molecule has 7 nitrogen and oxygen atoms in total. The molecule has 24 heavy (non-hydrogen) atoms. The number of halogens is 1. The Bertz CT molecular complexity index is 788. The number of nitro benzene ring substituents is 1. The minimum absolute atomic E-state index is 0.0220. The predicted molar refractivity (Wildman–Crippen MR) is 85.7 cm³/mol. The van der Waals surface area contributed by atoms with Crippen LogP contribution >= 0.6 is 11.6 Å². The predicted octanol–water partition coefficient (Wildman–Crippen LogP) is 3.30. The van der Waals surface area contributed by atoms with Crippen LogP contribution in [0.2, 0.25) is 5.02 Å². The highest BCUT2D eigenvalue weighted by Crippen LogP contribution is 2.27. The van der Waals surface area contributed by atoms with Crippen LogP contribution < -0.4 is 4.74 Å². The van der Waals surface area contributed by atoms with Crippen molar-refractivity contribution in [1.29, 1.82) is 0 Å². The molecule has 2 aromatic carbocycles. The van der Waals surface area contributed by atoms with Crippen molar-refractivity contribution in [3.63, 3.8) is 0 Å². The van der Waals surface area contributed by atoms with Gasteiger partial charge in [0.15, 0.2) is 18.1 Å². The van der Waals surface area contributed by atoms with Crippen molar-refractivity contribution in [2.45, 2.75) is 0 Å². The van der Waals surface area contributed by atoms with E-state index < -0.39 is 23.3 Å². The minimum Gasteiger partial charge on any atom is -0.490 e. The molecule has 0 saturated carbocycles. The number of carbonyl (C=O) groups is 2. The maximum Gasteiger partial charge on any atom is 0.338 e. The molecule has 0 fully saturated rings.